The van der Waals surface area contributed by atoms with E-state index in [4.69, 9.17) is 22.0 Å². The number of halogens is 1. The molecule has 2 N–H and O–H groups in total. The summed E-state index contributed by atoms with van der Waals surface area (Å²) in [5.74, 6) is 7.69. The molecule has 0 atom stereocenters. The zero-order chi connectivity index (χ0) is 20.8. The van der Waals surface area contributed by atoms with Gasteiger partial charge in [0.2, 0.25) is 16.2 Å². The van der Waals surface area contributed by atoms with Crippen LogP contribution in [0.5, 0.6) is 0 Å². The lowest BCUT2D eigenvalue weighted by Gasteiger charge is -2.17. The number of thioether (sulfide) groups is 2. The molecular formula is C17H20ClN7O2S2. The van der Waals surface area contributed by atoms with Crippen LogP contribution in [0.25, 0.3) is 11.5 Å². The van der Waals surface area contributed by atoms with Crippen molar-refractivity contribution in [2.45, 2.75) is 29.9 Å². The molecule has 2 aromatic heterocycles. The maximum Gasteiger partial charge on any atom is 0.257 e. The first-order valence-electron chi connectivity index (χ1n) is 8.84. The number of nitrogens with zero attached hydrogens (tertiary/aromatic N) is 6. The van der Waals surface area contributed by atoms with E-state index in [0.717, 1.165) is 5.56 Å². The van der Waals surface area contributed by atoms with E-state index < -0.39 is 0 Å². The van der Waals surface area contributed by atoms with Crippen LogP contribution in [0.1, 0.15) is 19.7 Å². The van der Waals surface area contributed by atoms with Crippen molar-refractivity contribution in [2.24, 2.45) is 0 Å². The minimum Gasteiger partial charge on any atom is -0.343 e. The molecule has 0 fully saturated rings. The van der Waals surface area contributed by atoms with Crippen LogP contribution in [0, 0.1) is 0 Å². The Morgan fingerprint density at radius 1 is 1.17 bits per heavy atom. The zero-order valence-corrected chi connectivity index (χ0v) is 18.3. The van der Waals surface area contributed by atoms with Gasteiger partial charge in [-0.3, -0.25) is 4.79 Å². The van der Waals surface area contributed by atoms with Gasteiger partial charge < -0.3 is 15.3 Å². The highest BCUT2D eigenvalue weighted by atomic mass is 35.5. The quantitative estimate of drug-likeness (QED) is 0.385. The smallest absolute Gasteiger partial charge is 0.257 e. The standard InChI is InChI=1S/C17H20ClN7O2S2/c1-3-24(4-2)14(26)10-29-17-22-21-16(25(17)19)28-9-13-20-15(27-23-13)11-5-7-12(18)8-6-11/h5-8H,3-4,9-10,19H2,1-2H3. The zero-order valence-electron chi connectivity index (χ0n) is 15.9. The highest BCUT2D eigenvalue weighted by Gasteiger charge is 2.16. The van der Waals surface area contributed by atoms with Gasteiger partial charge in [-0.1, -0.05) is 40.3 Å². The third-order valence-corrected chi connectivity index (χ3v) is 6.08. The van der Waals surface area contributed by atoms with Crippen molar-refractivity contribution in [3.63, 3.8) is 0 Å². The van der Waals surface area contributed by atoms with Gasteiger partial charge in [0.05, 0.1) is 11.5 Å². The summed E-state index contributed by atoms with van der Waals surface area (Å²) in [7, 11) is 0. The van der Waals surface area contributed by atoms with E-state index in [1.54, 1.807) is 17.0 Å². The molecule has 0 radical (unpaired) electrons. The number of aromatic nitrogens is 5. The molecule has 1 amide bonds. The Balaban J connectivity index is 1.57. The fourth-order valence-electron chi connectivity index (χ4n) is 2.41. The van der Waals surface area contributed by atoms with Crippen molar-refractivity contribution in [1.29, 1.82) is 0 Å². The van der Waals surface area contributed by atoms with Crippen LogP contribution in [-0.2, 0) is 10.5 Å². The molecule has 1 aromatic carbocycles. The van der Waals surface area contributed by atoms with E-state index in [1.165, 1.54) is 28.2 Å². The Bertz CT molecular complexity index is 957. The van der Waals surface area contributed by atoms with Crippen LogP contribution < -0.4 is 5.84 Å². The summed E-state index contributed by atoms with van der Waals surface area (Å²) in [4.78, 5) is 18.2. The number of rotatable bonds is 9. The molecule has 0 bridgehead atoms. The number of hydrogen-bond acceptors (Lipinski definition) is 9. The molecule has 154 valence electrons. The molecule has 0 aliphatic carbocycles. The maximum atomic E-state index is 12.1. The van der Waals surface area contributed by atoms with Crippen LogP contribution in [0.4, 0.5) is 0 Å². The molecule has 2 heterocycles. The van der Waals surface area contributed by atoms with E-state index in [0.29, 0.717) is 45.9 Å². The molecule has 0 aliphatic rings. The van der Waals surface area contributed by atoms with Gasteiger partial charge >= 0.3 is 0 Å². The molecule has 0 spiro atoms. The lowest BCUT2D eigenvalue weighted by Crippen LogP contribution is -2.32. The Morgan fingerprint density at radius 2 is 1.83 bits per heavy atom. The van der Waals surface area contributed by atoms with Crippen molar-refractivity contribution >= 4 is 41.0 Å². The summed E-state index contributed by atoms with van der Waals surface area (Å²) in [5.41, 5.74) is 0.789. The molecule has 12 heteroatoms. The molecule has 3 rings (SSSR count). The number of nitrogens with two attached hydrogens (primary N) is 1. The summed E-state index contributed by atoms with van der Waals surface area (Å²) in [6.07, 6.45) is 0. The fraction of sp³-hybridized carbons (Fsp3) is 0.353. The number of nitrogen functional groups attached to an aromatic ring is 1. The predicted octanol–water partition coefficient (Wildman–Crippen LogP) is 2.95. The summed E-state index contributed by atoms with van der Waals surface area (Å²) < 4.78 is 6.65. The van der Waals surface area contributed by atoms with Gasteiger partial charge in [0, 0.05) is 23.7 Å². The highest BCUT2D eigenvalue weighted by molar-refractivity contribution is 8.00. The number of amides is 1. The number of hydrogen-bond donors (Lipinski definition) is 1. The van der Waals surface area contributed by atoms with Crippen LogP contribution >= 0.6 is 35.1 Å². The van der Waals surface area contributed by atoms with E-state index in [2.05, 4.69) is 20.3 Å². The second-order valence-corrected chi connectivity index (χ2v) is 8.12. The molecule has 9 nitrogen and oxygen atoms in total. The lowest BCUT2D eigenvalue weighted by atomic mass is 10.2. The van der Waals surface area contributed by atoms with E-state index in [1.807, 2.05) is 26.0 Å². The van der Waals surface area contributed by atoms with Gasteiger partial charge in [0.25, 0.3) is 5.89 Å². The van der Waals surface area contributed by atoms with Gasteiger partial charge in [0.15, 0.2) is 5.82 Å². The minimum atomic E-state index is 0.0405. The molecule has 29 heavy (non-hydrogen) atoms. The second kappa shape index (κ2) is 9.99. The first-order valence-corrected chi connectivity index (χ1v) is 11.2. The highest BCUT2D eigenvalue weighted by Crippen LogP contribution is 2.25. The van der Waals surface area contributed by atoms with Crippen molar-refractivity contribution < 1.29 is 9.32 Å². The first-order chi connectivity index (χ1) is 14.0. The molecular weight excluding hydrogens is 434 g/mol. The summed E-state index contributed by atoms with van der Waals surface area (Å²) in [6.45, 7) is 5.25. The predicted molar refractivity (Wildman–Crippen MR) is 113 cm³/mol. The molecule has 0 aliphatic heterocycles. The lowest BCUT2D eigenvalue weighted by molar-refractivity contribution is -0.127. The fourth-order valence-corrected chi connectivity index (χ4v) is 4.05. The van der Waals surface area contributed by atoms with Crippen molar-refractivity contribution in [1.82, 2.24) is 29.9 Å². The topological polar surface area (TPSA) is 116 Å². The van der Waals surface area contributed by atoms with E-state index >= 15 is 0 Å². The number of benzene rings is 1. The van der Waals surface area contributed by atoms with Gasteiger partial charge in [-0.05, 0) is 38.1 Å². The van der Waals surface area contributed by atoms with E-state index in [9.17, 15) is 4.79 Å². The van der Waals surface area contributed by atoms with Crippen LogP contribution in [0.15, 0.2) is 39.1 Å². The average molecular weight is 454 g/mol. The van der Waals surface area contributed by atoms with Gasteiger partial charge in [-0.15, -0.1) is 10.2 Å². The van der Waals surface area contributed by atoms with Crippen molar-refractivity contribution in [3.8, 4) is 11.5 Å². The molecule has 0 unspecified atom stereocenters. The van der Waals surface area contributed by atoms with Gasteiger partial charge in [-0.2, -0.15) is 4.98 Å². The Kier molecular flexibility index (Phi) is 7.40. The van der Waals surface area contributed by atoms with Gasteiger partial charge in [0.1, 0.15) is 0 Å². The normalized spacial score (nSPS) is 11.0. The number of carbonyl (C=O) groups is 1. The maximum absolute atomic E-state index is 12.1. The van der Waals surface area contributed by atoms with E-state index in [-0.39, 0.29) is 11.7 Å². The minimum absolute atomic E-state index is 0.0405. The number of carbonyl (C=O) groups excluding carboxylic acids is 1. The van der Waals surface area contributed by atoms with Crippen LogP contribution in [0.2, 0.25) is 5.02 Å². The summed E-state index contributed by atoms with van der Waals surface area (Å²) >= 11 is 8.48. The van der Waals surface area contributed by atoms with Gasteiger partial charge in [-0.25, -0.2) is 4.68 Å². The van der Waals surface area contributed by atoms with Crippen LogP contribution in [0.3, 0.4) is 0 Å². The monoisotopic (exact) mass is 453 g/mol. The largest absolute Gasteiger partial charge is 0.343 e. The first kappa shape index (κ1) is 21.5. The Labute approximate surface area is 181 Å². The summed E-state index contributed by atoms with van der Waals surface area (Å²) in [5, 5.41) is 13.7. The Hall–Kier alpha value is -2.24. The van der Waals surface area contributed by atoms with Crippen molar-refractivity contribution in [2.75, 3.05) is 24.7 Å². The third kappa shape index (κ3) is 5.43. The Morgan fingerprint density at radius 3 is 2.48 bits per heavy atom. The molecule has 0 saturated heterocycles. The third-order valence-electron chi connectivity index (χ3n) is 3.96. The summed E-state index contributed by atoms with van der Waals surface area (Å²) in [6, 6.07) is 7.14. The second-order valence-electron chi connectivity index (χ2n) is 5.80. The average Bonchev–Trinajstić information content (AvgIpc) is 3.33. The SMILES string of the molecule is CCN(CC)C(=O)CSc1nnc(SCc2noc(-c3ccc(Cl)cc3)n2)n1N. The van der Waals surface area contributed by atoms with Crippen molar-refractivity contribution in [3.05, 3.63) is 35.1 Å². The van der Waals surface area contributed by atoms with Crippen LogP contribution in [-0.4, -0.2) is 54.7 Å². The molecule has 3 aromatic rings. The molecule has 0 saturated carbocycles.